The zero-order valence-corrected chi connectivity index (χ0v) is 12.1. The maximum atomic E-state index is 11.6. The van der Waals surface area contributed by atoms with Gasteiger partial charge in [-0.2, -0.15) is 0 Å². The Kier molecular flexibility index (Phi) is 4.64. The fraction of sp³-hybridized carbons (Fsp3) is 0.250. The molecule has 0 aliphatic rings. The average Bonchev–Trinajstić information content (AvgIpc) is 2.69. The van der Waals surface area contributed by atoms with Crippen LogP contribution in [0.5, 0.6) is 0 Å². The molecule has 0 bridgehead atoms. The standard InChI is InChI=1S/C12H14N4OS2/c1-16-12(18)19-11(15-16)14-10(17)13-8-7-9-5-3-2-4-6-9/h2-6H,7-8H2,1H3,(H2,13,14,15,17). The van der Waals surface area contributed by atoms with E-state index in [0.29, 0.717) is 15.6 Å². The summed E-state index contributed by atoms with van der Waals surface area (Å²) in [5, 5.41) is 10.0. The van der Waals surface area contributed by atoms with Crippen molar-refractivity contribution in [3.8, 4) is 0 Å². The van der Waals surface area contributed by atoms with Crippen molar-refractivity contribution in [3.05, 3.63) is 39.8 Å². The second kappa shape index (κ2) is 6.44. The lowest BCUT2D eigenvalue weighted by Gasteiger charge is -2.05. The minimum absolute atomic E-state index is 0.264. The fourth-order valence-electron chi connectivity index (χ4n) is 1.50. The van der Waals surface area contributed by atoms with Crippen molar-refractivity contribution in [2.24, 2.45) is 7.05 Å². The van der Waals surface area contributed by atoms with E-state index in [1.54, 1.807) is 11.7 Å². The quantitative estimate of drug-likeness (QED) is 0.852. The largest absolute Gasteiger partial charge is 0.337 e. The van der Waals surface area contributed by atoms with Gasteiger partial charge in [0.2, 0.25) is 5.13 Å². The normalized spacial score (nSPS) is 10.2. The summed E-state index contributed by atoms with van der Waals surface area (Å²) >= 11 is 6.29. The lowest BCUT2D eigenvalue weighted by atomic mass is 10.1. The Bertz CT molecular complexity index is 606. The molecule has 2 rings (SSSR count). The maximum absolute atomic E-state index is 11.6. The highest BCUT2D eigenvalue weighted by atomic mass is 32.1. The average molecular weight is 294 g/mol. The molecule has 0 saturated heterocycles. The molecule has 0 spiro atoms. The van der Waals surface area contributed by atoms with E-state index in [0.717, 1.165) is 6.42 Å². The molecular weight excluding hydrogens is 280 g/mol. The van der Waals surface area contributed by atoms with Crippen LogP contribution in [-0.4, -0.2) is 22.4 Å². The monoisotopic (exact) mass is 294 g/mol. The Morgan fingerprint density at radius 1 is 1.42 bits per heavy atom. The van der Waals surface area contributed by atoms with Gasteiger partial charge in [-0.05, 0) is 24.2 Å². The highest BCUT2D eigenvalue weighted by Gasteiger charge is 2.05. The molecule has 2 aromatic rings. The van der Waals surface area contributed by atoms with Crippen LogP contribution in [0.25, 0.3) is 0 Å². The number of amides is 2. The number of carbonyl (C=O) groups excluding carboxylic acids is 1. The Hall–Kier alpha value is -1.73. The molecule has 0 atom stereocenters. The van der Waals surface area contributed by atoms with Crippen molar-refractivity contribution in [1.82, 2.24) is 15.1 Å². The van der Waals surface area contributed by atoms with E-state index >= 15 is 0 Å². The maximum Gasteiger partial charge on any atom is 0.321 e. The lowest BCUT2D eigenvalue weighted by molar-refractivity contribution is 0.252. The summed E-state index contributed by atoms with van der Waals surface area (Å²) in [6.45, 7) is 0.577. The van der Waals surface area contributed by atoms with Crippen LogP contribution in [0.15, 0.2) is 30.3 Å². The van der Waals surface area contributed by atoms with E-state index in [2.05, 4.69) is 15.7 Å². The van der Waals surface area contributed by atoms with Crippen molar-refractivity contribution in [2.45, 2.75) is 6.42 Å². The summed E-state index contributed by atoms with van der Waals surface area (Å²) in [5.41, 5.74) is 1.19. The molecule has 0 saturated carbocycles. The van der Waals surface area contributed by atoms with Crippen molar-refractivity contribution in [2.75, 3.05) is 11.9 Å². The van der Waals surface area contributed by atoms with E-state index in [1.807, 2.05) is 30.3 Å². The Labute approximate surface area is 120 Å². The second-order valence-electron chi connectivity index (χ2n) is 3.91. The molecule has 1 aromatic carbocycles. The van der Waals surface area contributed by atoms with Gasteiger partial charge in [0.1, 0.15) is 0 Å². The minimum atomic E-state index is -0.264. The van der Waals surface area contributed by atoms with Crippen molar-refractivity contribution in [1.29, 1.82) is 0 Å². The van der Waals surface area contributed by atoms with Gasteiger partial charge in [0.15, 0.2) is 3.95 Å². The summed E-state index contributed by atoms with van der Waals surface area (Å²) in [6, 6.07) is 9.73. The molecule has 2 amide bonds. The summed E-state index contributed by atoms with van der Waals surface area (Å²) in [5.74, 6) is 0. The van der Waals surface area contributed by atoms with Gasteiger partial charge in [-0.3, -0.25) is 5.32 Å². The van der Waals surface area contributed by atoms with E-state index in [4.69, 9.17) is 12.2 Å². The first kappa shape index (κ1) is 13.7. The fourth-order valence-corrected chi connectivity index (χ4v) is 2.43. The predicted molar refractivity (Wildman–Crippen MR) is 79.1 cm³/mol. The number of hydrogen-bond donors (Lipinski definition) is 2. The Morgan fingerprint density at radius 2 is 2.16 bits per heavy atom. The number of hydrogen-bond acceptors (Lipinski definition) is 4. The smallest absolute Gasteiger partial charge is 0.321 e. The minimum Gasteiger partial charge on any atom is -0.337 e. The summed E-state index contributed by atoms with van der Waals surface area (Å²) in [4.78, 5) is 11.6. The number of benzene rings is 1. The van der Waals surface area contributed by atoms with Gasteiger partial charge in [0.25, 0.3) is 0 Å². The van der Waals surface area contributed by atoms with Gasteiger partial charge < -0.3 is 5.32 Å². The van der Waals surface area contributed by atoms with Crippen LogP contribution >= 0.6 is 23.6 Å². The van der Waals surface area contributed by atoms with Crippen molar-refractivity contribution < 1.29 is 4.79 Å². The molecule has 2 N–H and O–H groups in total. The van der Waals surface area contributed by atoms with Crippen molar-refractivity contribution >= 4 is 34.7 Å². The number of nitrogens with one attached hydrogen (secondary N) is 2. The van der Waals surface area contributed by atoms with Crippen LogP contribution in [-0.2, 0) is 13.5 Å². The third-order valence-electron chi connectivity index (χ3n) is 2.45. The van der Waals surface area contributed by atoms with Gasteiger partial charge in [0, 0.05) is 13.6 Å². The predicted octanol–water partition coefficient (Wildman–Crippen LogP) is 2.58. The SMILES string of the molecule is Cn1nc(NC(=O)NCCc2ccccc2)sc1=S. The van der Waals surface area contributed by atoms with E-state index in [1.165, 1.54) is 16.9 Å². The summed E-state index contributed by atoms with van der Waals surface area (Å²) in [6.07, 6.45) is 0.798. The van der Waals surface area contributed by atoms with Gasteiger partial charge in [0.05, 0.1) is 0 Å². The van der Waals surface area contributed by atoms with Gasteiger partial charge >= 0.3 is 6.03 Å². The van der Waals surface area contributed by atoms with E-state index < -0.39 is 0 Å². The lowest BCUT2D eigenvalue weighted by Crippen LogP contribution is -2.30. The van der Waals surface area contributed by atoms with Gasteiger partial charge in [-0.1, -0.05) is 41.7 Å². The molecular formula is C12H14N4OS2. The molecule has 0 unspecified atom stereocenters. The highest BCUT2D eigenvalue weighted by Crippen LogP contribution is 2.12. The van der Waals surface area contributed by atoms with Crippen LogP contribution in [0.3, 0.4) is 0 Å². The number of aromatic nitrogens is 2. The molecule has 5 nitrogen and oxygen atoms in total. The number of carbonyl (C=O) groups is 1. The topological polar surface area (TPSA) is 59.0 Å². The Morgan fingerprint density at radius 3 is 2.79 bits per heavy atom. The summed E-state index contributed by atoms with van der Waals surface area (Å²) < 4.78 is 2.18. The molecule has 1 heterocycles. The van der Waals surface area contributed by atoms with Gasteiger partial charge in [-0.25, -0.2) is 9.48 Å². The molecule has 19 heavy (non-hydrogen) atoms. The number of anilines is 1. The molecule has 0 aliphatic carbocycles. The second-order valence-corrected chi connectivity index (χ2v) is 5.54. The molecule has 0 radical (unpaired) electrons. The first-order valence-electron chi connectivity index (χ1n) is 5.78. The number of rotatable bonds is 4. The third-order valence-corrected chi connectivity index (χ3v) is 3.78. The van der Waals surface area contributed by atoms with Crippen LogP contribution in [0.1, 0.15) is 5.56 Å². The number of aryl methyl sites for hydroxylation is 1. The molecule has 7 heteroatoms. The van der Waals surface area contributed by atoms with E-state index in [-0.39, 0.29) is 6.03 Å². The zero-order chi connectivity index (χ0) is 13.7. The first-order valence-corrected chi connectivity index (χ1v) is 7.00. The Balaban J connectivity index is 1.77. The number of nitrogens with zero attached hydrogens (tertiary/aromatic N) is 2. The van der Waals surface area contributed by atoms with Crippen LogP contribution < -0.4 is 10.6 Å². The van der Waals surface area contributed by atoms with Crippen LogP contribution in [0, 0.1) is 3.95 Å². The van der Waals surface area contributed by atoms with Crippen LogP contribution in [0.2, 0.25) is 0 Å². The van der Waals surface area contributed by atoms with Crippen molar-refractivity contribution in [3.63, 3.8) is 0 Å². The summed E-state index contributed by atoms with van der Waals surface area (Å²) in [7, 11) is 1.75. The highest BCUT2D eigenvalue weighted by molar-refractivity contribution is 7.73. The zero-order valence-electron chi connectivity index (χ0n) is 10.4. The first-order chi connectivity index (χ1) is 9.15. The van der Waals surface area contributed by atoms with Gasteiger partial charge in [-0.15, -0.1) is 5.10 Å². The molecule has 0 aliphatic heterocycles. The molecule has 0 fully saturated rings. The third kappa shape index (κ3) is 4.15. The number of urea groups is 1. The van der Waals surface area contributed by atoms with Crippen LogP contribution in [0.4, 0.5) is 9.93 Å². The molecule has 1 aromatic heterocycles. The van der Waals surface area contributed by atoms with E-state index in [9.17, 15) is 4.79 Å². The molecule has 100 valence electrons.